The molecule has 2 rings (SSSR count). The molecule has 0 aromatic heterocycles. The van der Waals surface area contributed by atoms with E-state index in [9.17, 15) is 5.11 Å². The van der Waals surface area contributed by atoms with Crippen molar-refractivity contribution in [3.05, 3.63) is 29.3 Å². The molecule has 0 aliphatic carbocycles. The van der Waals surface area contributed by atoms with Gasteiger partial charge in [0.15, 0.2) is 5.84 Å². The van der Waals surface area contributed by atoms with Crippen molar-refractivity contribution in [3.63, 3.8) is 0 Å². The molecule has 1 atom stereocenters. The summed E-state index contributed by atoms with van der Waals surface area (Å²) in [5, 5.41) is 21.1. The zero-order valence-electron chi connectivity index (χ0n) is 10.9. The Morgan fingerprint density at radius 1 is 1.58 bits per heavy atom. The highest BCUT2D eigenvalue weighted by Gasteiger charge is 2.22. The Morgan fingerprint density at radius 2 is 2.37 bits per heavy atom. The Kier molecular flexibility index (Phi) is 4.24. The van der Waals surface area contributed by atoms with E-state index in [-0.39, 0.29) is 18.5 Å². The van der Waals surface area contributed by atoms with Crippen molar-refractivity contribution in [2.75, 3.05) is 31.2 Å². The normalized spacial score (nSPS) is 20.6. The lowest BCUT2D eigenvalue weighted by Gasteiger charge is -2.35. The molecule has 1 aliphatic rings. The average molecular weight is 265 g/mol. The maximum absolute atomic E-state index is 9.19. The molecule has 0 radical (unpaired) electrons. The molecule has 0 amide bonds. The van der Waals surface area contributed by atoms with Crippen LogP contribution in [0.25, 0.3) is 0 Å². The second-order valence-electron chi connectivity index (χ2n) is 4.63. The molecule has 1 aliphatic heterocycles. The molecule has 1 unspecified atom stereocenters. The quantitative estimate of drug-likeness (QED) is 0.316. The highest BCUT2D eigenvalue weighted by Crippen LogP contribution is 2.24. The van der Waals surface area contributed by atoms with Gasteiger partial charge in [-0.05, 0) is 24.6 Å². The fraction of sp³-hybridized carbons (Fsp3) is 0.462. The van der Waals surface area contributed by atoms with Crippen LogP contribution in [0.3, 0.4) is 0 Å². The van der Waals surface area contributed by atoms with E-state index in [1.165, 1.54) is 0 Å². The summed E-state index contributed by atoms with van der Waals surface area (Å²) >= 11 is 0. The molecule has 1 heterocycles. The van der Waals surface area contributed by atoms with Crippen molar-refractivity contribution in [1.29, 1.82) is 0 Å². The number of aryl methyl sites for hydroxylation is 1. The first-order valence-corrected chi connectivity index (χ1v) is 6.21. The van der Waals surface area contributed by atoms with Crippen LogP contribution in [0.1, 0.15) is 11.1 Å². The van der Waals surface area contributed by atoms with Gasteiger partial charge in [0.2, 0.25) is 0 Å². The molecule has 19 heavy (non-hydrogen) atoms. The van der Waals surface area contributed by atoms with Crippen molar-refractivity contribution in [2.24, 2.45) is 10.9 Å². The number of hydrogen-bond donors (Lipinski definition) is 3. The van der Waals surface area contributed by atoms with Gasteiger partial charge in [0, 0.05) is 24.3 Å². The molecule has 0 saturated carbocycles. The standard InChI is InChI=1S/C13H19N3O3/c1-9-2-3-11(13(14)15-18)12(6-9)16-4-5-19-10(7-16)8-17/h2-3,6,10,17-18H,4-5,7-8H2,1H3,(H2,14,15). The third-order valence-corrected chi connectivity index (χ3v) is 3.22. The Hall–Kier alpha value is -1.79. The average Bonchev–Trinajstić information content (AvgIpc) is 2.46. The SMILES string of the molecule is Cc1ccc(/C(N)=N/O)c(N2CCOC(CO)C2)c1. The maximum Gasteiger partial charge on any atom is 0.172 e. The monoisotopic (exact) mass is 265 g/mol. The molecule has 1 saturated heterocycles. The summed E-state index contributed by atoms with van der Waals surface area (Å²) < 4.78 is 5.43. The van der Waals surface area contributed by atoms with Crippen molar-refractivity contribution in [2.45, 2.75) is 13.0 Å². The van der Waals surface area contributed by atoms with Gasteiger partial charge in [-0.15, -0.1) is 0 Å². The van der Waals surface area contributed by atoms with E-state index < -0.39 is 0 Å². The van der Waals surface area contributed by atoms with E-state index in [1.807, 2.05) is 25.1 Å². The van der Waals surface area contributed by atoms with Gasteiger partial charge >= 0.3 is 0 Å². The van der Waals surface area contributed by atoms with Crippen LogP contribution >= 0.6 is 0 Å². The largest absolute Gasteiger partial charge is 0.409 e. The second-order valence-corrected chi connectivity index (χ2v) is 4.63. The van der Waals surface area contributed by atoms with Gasteiger partial charge in [-0.25, -0.2) is 0 Å². The molecular formula is C13H19N3O3. The van der Waals surface area contributed by atoms with Crippen molar-refractivity contribution in [1.82, 2.24) is 0 Å². The van der Waals surface area contributed by atoms with E-state index in [1.54, 1.807) is 0 Å². The second kappa shape index (κ2) is 5.90. The number of nitrogens with two attached hydrogens (primary N) is 1. The molecule has 6 nitrogen and oxygen atoms in total. The molecular weight excluding hydrogens is 246 g/mol. The first-order valence-electron chi connectivity index (χ1n) is 6.21. The molecule has 0 spiro atoms. The molecule has 4 N–H and O–H groups in total. The van der Waals surface area contributed by atoms with Crippen LogP contribution in [0, 0.1) is 6.92 Å². The minimum absolute atomic E-state index is 0.0127. The summed E-state index contributed by atoms with van der Waals surface area (Å²) in [6.07, 6.45) is -0.200. The molecule has 1 aromatic rings. The van der Waals surface area contributed by atoms with Gasteiger partial charge < -0.3 is 25.7 Å². The summed E-state index contributed by atoms with van der Waals surface area (Å²) in [6, 6.07) is 5.75. The number of hydrogen-bond acceptors (Lipinski definition) is 5. The highest BCUT2D eigenvalue weighted by molar-refractivity contribution is 6.02. The lowest BCUT2D eigenvalue weighted by atomic mass is 10.1. The van der Waals surface area contributed by atoms with Gasteiger partial charge in [0.1, 0.15) is 0 Å². The summed E-state index contributed by atoms with van der Waals surface area (Å²) in [6.45, 7) is 3.83. The number of anilines is 1. The number of amidine groups is 1. The highest BCUT2D eigenvalue weighted by atomic mass is 16.5. The van der Waals surface area contributed by atoms with Crippen LogP contribution in [0.4, 0.5) is 5.69 Å². The van der Waals surface area contributed by atoms with Crippen LogP contribution in [0.15, 0.2) is 23.4 Å². The Labute approximate surface area is 112 Å². The minimum atomic E-state index is -0.200. The zero-order chi connectivity index (χ0) is 13.8. The Balaban J connectivity index is 2.34. The predicted octanol–water partition coefficient (Wildman–Crippen LogP) is 0.287. The third-order valence-electron chi connectivity index (χ3n) is 3.22. The van der Waals surface area contributed by atoms with Gasteiger partial charge in [0.05, 0.1) is 19.3 Å². The van der Waals surface area contributed by atoms with Crippen LogP contribution < -0.4 is 10.6 Å². The van der Waals surface area contributed by atoms with Crippen LogP contribution in [0.5, 0.6) is 0 Å². The smallest absolute Gasteiger partial charge is 0.172 e. The third kappa shape index (κ3) is 2.97. The number of oxime groups is 1. The van der Waals surface area contributed by atoms with Crippen molar-refractivity contribution < 1.29 is 15.1 Å². The number of morpholine rings is 1. The number of rotatable bonds is 3. The first kappa shape index (κ1) is 13.6. The summed E-state index contributed by atoms with van der Waals surface area (Å²) in [5.41, 5.74) is 8.39. The number of aliphatic hydroxyl groups is 1. The number of benzene rings is 1. The Morgan fingerprint density at radius 3 is 3.05 bits per heavy atom. The summed E-state index contributed by atoms with van der Waals surface area (Å²) in [7, 11) is 0. The van der Waals surface area contributed by atoms with Gasteiger partial charge in [-0.2, -0.15) is 0 Å². The van der Waals surface area contributed by atoms with E-state index >= 15 is 0 Å². The lowest BCUT2D eigenvalue weighted by Crippen LogP contribution is -2.44. The summed E-state index contributed by atoms with van der Waals surface area (Å²) in [4.78, 5) is 2.09. The zero-order valence-corrected chi connectivity index (χ0v) is 10.9. The maximum atomic E-state index is 9.19. The van der Waals surface area contributed by atoms with E-state index in [4.69, 9.17) is 15.7 Å². The topological polar surface area (TPSA) is 91.3 Å². The van der Waals surface area contributed by atoms with Crippen LogP contribution in [-0.4, -0.2) is 48.6 Å². The van der Waals surface area contributed by atoms with E-state index in [2.05, 4.69) is 10.1 Å². The molecule has 0 bridgehead atoms. The van der Waals surface area contributed by atoms with Gasteiger partial charge in [-0.3, -0.25) is 0 Å². The molecule has 104 valence electrons. The predicted molar refractivity (Wildman–Crippen MR) is 72.7 cm³/mol. The first-order chi connectivity index (χ1) is 9.15. The minimum Gasteiger partial charge on any atom is -0.409 e. The van der Waals surface area contributed by atoms with Gasteiger partial charge in [0.25, 0.3) is 0 Å². The van der Waals surface area contributed by atoms with E-state index in [0.29, 0.717) is 25.3 Å². The molecule has 1 aromatic carbocycles. The van der Waals surface area contributed by atoms with Crippen molar-refractivity contribution >= 4 is 11.5 Å². The fourth-order valence-electron chi connectivity index (χ4n) is 2.22. The lowest BCUT2D eigenvalue weighted by molar-refractivity contribution is 0.00356. The number of aliphatic hydroxyl groups excluding tert-OH is 1. The molecule has 6 heteroatoms. The summed E-state index contributed by atoms with van der Waals surface area (Å²) in [5.74, 6) is 0.0852. The van der Waals surface area contributed by atoms with Crippen LogP contribution in [-0.2, 0) is 4.74 Å². The fourth-order valence-corrected chi connectivity index (χ4v) is 2.22. The number of nitrogens with zero attached hydrogens (tertiary/aromatic N) is 2. The van der Waals surface area contributed by atoms with Gasteiger partial charge in [-0.1, -0.05) is 11.2 Å². The Bertz CT molecular complexity index is 476. The van der Waals surface area contributed by atoms with Crippen molar-refractivity contribution in [3.8, 4) is 0 Å². The molecule has 1 fully saturated rings. The van der Waals surface area contributed by atoms with E-state index in [0.717, 1.165) is 11.3 Å². The number of ether oxygens (including phenoxy) is 1. The van der Waals surface area contributed by atoms with Crippen LogP contribution in [0.2, 0.25) is 0 Å².